The van der Waals surface area contributed by atoms with Gasteiger partial charge in [0.05, 0.1) is 0 Å². The zero-order chi connectivity index (χ0) is 12.4. The Labute approximate surface area is 105 Å². The highest BCUT2D eigenvalue weighted by Gasteiger charge is 2.41. The minimum absolute atomic E-state index is 0.321. The van der Waals surface area contributed by atoms with Gasteiger partial charge in [-0.2, -0.15) is 0 Å². The highest BCUT2D eigenvalue weighted by Crippen LogP contribution is 2.19. The Balaban J connectivity index is 4.44. The van der Waals surface area contributed by atoms with Gasteiger partial charge >= 0.3 is 8.80 Å². The van der Waals surface area contributed by atoms with Crippen molar-refractivity contribution >= 4 is 20.4 Å². The second kappa shape index (κ2) is 9.38. The summed E-state index contributed by atoms with van der Waals surface area (Å²) in [5.74, 6) is 0.463. The van der Waals surface area contributed by atoms with Crippen LogP contribution in [0.1, 0.15) is 27.7 Å². The fourth-order valence-corrected chi connectivity index (χ4v) is 4.40. The van der Waals surface area contributed by atoms with Gasteiger partial charge in [-0.15, -0.1) is 11.6 Å². The van der Waals surface area contributed by atoms with E-state index in [1.54, 1.807) is 0 Å². The van der Waals surface area contributed by atoms with Crippen molar-refractivity contribution in [1.82, 2.24) is 0 Å². The van der Waals surface area contributed by atoms with Gasteiger partial charge in [-0.3, -0.25) is 0 Å². The Bertz CT molecular complexity index is 154. The first kappa shape index (κ1) is 16.3. The van der Waals surface area contributed by atoms with Crippen molar-refractivity contribution in [1.29, 1.82) is 0 Å². The molecule has 0 aliphatic rings. The van der Waals surface area contributed by atoms with Crippen molar-refractivity contribution in [3.8, 4) is 0 Å². The van der Waals surface area contributed by atoms with Crippen LogP contribution in [0.15, 0.2) is 0 Å². The molecule has 0 saturated heterocycles. The van der Waals surface area contributed by atoms with Crippen molar-refractivity contribution < 1.29 is 18.0 Å². The summed E-state index contributed by atoms with van der Waals surface area (Å²) >= 11 is 5.77. The number of halogens is 1. The Morgan fingerprint density at radius 2 is 1.62 bits per heavy atom. The zero-order valence-corrected chi connectivity index (χ0v) is 12.4. The van der Waals surface area contributed by atoms with Gasteiger partial charge in [0.2, 0.25) is 0 Å². The fraction of sp³-hybridized carbons (Fsp3) is 1.00. The van der Waals surface area contributed by atoms with E-state index in [1.165, 1.54) is 0 Å². The van der Waals surface area contributed by atoms with Crippen molar-refractivity contribution in [3.63, 3.8) is 0 Å². The van der Waals surface area contributed by atoms with E-state index in [4.69, 9.17) is 29.6 Å². The molecule has 98 valence electrons. The van der Waals surface area contributed by atoms with Crippen molar-refractivity contribution in [2.75, 3.05) is 25.7 Å². The van der Waals surface area contributed by atoms with Gasteiger partial charge in [-0.1, -0.05) is 0 Å². The predicted molar refractivity (Wildman–Crippen MR) is 66.7 cm³/mol. The Hall–Kier alpha value is 0.347. The molecule has 0 saturated carbocycles. The van der Waals surface area contributed by atoms with Crippen LogP contribution in [0.25, 0.3) is 0 Å². The summed E-state index contributed by atoms with van der Waals surface area (Å²) in [5.41, 5.74) is 0. The summed E-state index contributed by atoms with van der Waals surface area (Å²) in [4.78, 5) is 0. The second-order valence-electron chi connectivity index (χ2n) is 3.13. The molecule has 0 aliphatic heterocycles. The largest absolute Gasteiger partial charge is 0.504 e. The molecule has 4 nitrogen and oxygen atoms in total. The Kier molecular flexibility index (Phi) is 9.59. The highest BCUT2D eigenvalue weighted by molar-refractivity contribution is 6.61. The molecule has 16 heavy (non-hydrogen) atoms. The van der Waals surface area contributed by atoms with E-state index in [2.05, 4.69) is 0 Å². The van der Waals surface area contributed by atoms with Gasteiger partial charge in [-0.05, 0) is 27.7 Å². The van der Waals surface area contributed by atoms with Gasteiger partial charge in [0, 0.05) is 31.7 Å². The lowest BCUT2D eigenvalue weighted by atomic mass is 10.7. The van der Waals surface area contributed by atoms with Crippen molar-refractivity contribution in [3.05, 3.63) is 0 Å². The maximum atomic E-state index is 5.79. The molecule has 0 heterocycles. The molecule has 0 radical (unpaired) electrons. The first-order valence-corrected chi connectivity index (χ1v) is 8.24. The van der Waals surface area contributed by atoms with Crippen LogP contribution in [0, 0.1) is 0 Å². The fourth-order valence-electron chi connectivity index (χ4n) is 1.39. The zero-order valence-electron chi connectivity index (χ0n) is 10.6. The summed E-state index contributed by atoms with van der Waals surface area (Å²) in [7, 11) is -2.65. The molecule has 0 N–H and O–H groups in total. The minimum atomic E-state index is -2.65. The molecule has 0 aromatic heterocycles. The van der Waals surface area contributed by atoms with Gasteiger partial charge in [0.25, 0.3) is 0 Å². The number of alkyl halides is 1. The molecule has 0 rings (SSSR count). The summed E-state index contributed by atoms with van der Waals surface area (Å²) < 4.78 is 22.4. The highest BCUT2D eigenvalue weighted by atomic mass is 35.5. The van der Waals surface area contributed by atoms with Gasteiger partial charge in [0.1, 0.15) is 6.29 Å². The van der Waals surface area contributed by atoms with E-state index in [0.29, 0.717) is 31.7 Å². The second-order valence-corrected chi connectivity index (χ2v) is 6.19. The maximum Gasteiger partial charge on any atom is 0.504 e. The molecule has 1 unspecified atom stereocenters. The van der Waals surface area contributed by atoms with Gasteiger partial charge < -0.3 is 18.0 Å². The first-order chi connectivity index (χ1) is 7.64. The minimum Gasteiger partial charge on any atom is -0.374 e. The Morgan fingerprint density at radius 1 is 1.06 bits per heavy atom. The molecule has 1 atom stereocenters. The summed E-state index contributed by atoms with van der Waals surface area (Å²) in [6.45, 7) is 9.33. The third kappa shape index (κ3) is 6.17. The lowest BCUT2D eigenvalue weighted by Gasteiger charge is -2.30. The number of rotatable bonds is 10. The summed E-state index contributed by atoms with van der Waals surface area (Å²) in [6.07, 6.45) is -0.321. The monoisotopic (exact) mass is 270 g/mol. The van der Waals surface area contributed by atoms with Crippen LogP contribution in [0.4, 0.5) is 0 Å². The molecule has 0 aromatic rings. The molecule has 0 aliphatic carbocycles. The normalized spacial score (nSPS) is 14.1. The molecular formula is C10H23ClO4Si. The van der Waals surface area contributed by atoms with Crippen molar-refractivity contribution in [2.24, 2.45) is 0 Å². The van der Waals surface area contributed by atoms with Crippen LogP contribution in [0.2, 0.25) is 6.04 Å². The van der Waals surface area contributed by atoms with Crippen LogP contribution >= 0.6 is 11.6 Å². The lowest BCUT2D eigenvalue weighted by molar-refractivity contribution is -0.104. The van der Waals surface area contributed by atoms with Crippen LogP contribution in [-0.4, -0.2) is 40.8 Å². The third-order valence-corrected chi connectivity index (χ3v) is 5.39. The average Bonchev–Trinajstić information content (AvgIpc) is 2.18. The number of hydrogen-bond acceptors (Lipinski definition) is 4. The van der Waals surface area contributed by atoms with Crippen LogP contribution in [0.3, 0.4) is 0 Å². The van der Waals surface area contributed by atoms with E-state index in [1.807, 2.05) is 27.7 Å². The molecule has 0 fully saturated rings. The van der Waals surface area contributed by atoms with Crippen LogP contribution < -0.4 is 0 Å². The average molecular weight is 271 g/mol. The number of ether oxygens (including phenoxy) is 1. The smallest absolute Gasteiger partial charge is 0.374 e. The van der Waals surface area contributed by atoms with Crippen LogP contribution in [-0.2, 0) is 18.0 Å². The standard InChI is InChI=1S/C10H23ClO4Si/c1-5-12-10(4)15-16(9-8-11,13-6-2)14-7-3/h10H,5-9H2,1-4H3. The van der Waals surface area contributed by atoms with Crippen LogP contribution in [0.5, 0.6) is 0 Å². The third-order valence-electron chi connectivity index (χ3n) is 1.88. The molecule has 0 bridgehead atoms. The molecule has 0 spiro atoms. The SMILES string of the molecule is CCOC(C)O[Si](CCCl)(OCC)OCC. The quantitative estimate of drug-likeness (QED) is 0.347. The van der Waals surface area contributed by atoms with E-state index >= 15 is 0 Å². The van der Waals surface area contributed by atoms with E-state index in [9.17, 15) is 0 Å². The van der Waals surface area contributed by atoms with E-state index < -0.39 is 8.80 Å². The van der Waals surface area contributed by atoms with Crippen molar-refractivity contribution in [2.45, 2.75) is 40.0 Å². The van der Waals surface area contributed by atoms with E-state index in [-0.39, 0.29) is 6.29 Å². The molecule has 0 aromatic carbocycles. The predicted octanol–water partition coefficient (Wildman–Crippen LogP) is 2.64. The topological polar surface area (TPSA) is 36.9 Å². The lowest BCUT2D eigenvalue weighted by Crippen LogP contribution is -2.48. The Morgan fingerprint density at radius 3 is 2.00 bits per heavy atom. The maximum absolute atomic E-state index is 5.79. The first-order valence-electron chi connectivity index (χ1n) is 5.77. The van der Waals surface area contributed by atoms with Gasteiger partial charge in [-0.25, -0.2) is 0 Å². The molecule has 6 heteroatoms. The molecular weight excluding hydrogens is 248 g/mol. The molecule has 0 amide bonds. The summed E-state index contributed by atoms with van der Waals surface area (Å²) in [6, 6.07) is 0.605. The summed E-state index contributed by atoms with van der Waals surface area (Å²) in [5, 5.41) is 0. The van der Waals surface area contributed by atoms with E-state index in [0.717, 1.165) is 0 Å². The van der Waals surface area contributed by atoms with Gasteiger partial charge in [0.15, 0.2) is 0 Å². The number of hydrogen-bond donors (Lipinski definition) is 0.